The number of phenolic OH excluding ortho intramolecular Hbond substituents is 1. The van der Waals surface area contributed by atoms with Crippen LogP contribution in [0.2, 0.25) is 0 Å². The van der Waals surface area contributed by atoms with E-state index in [1.54, 1.807) is 42.5 Å². The van der Waals surface area contributed by atoms with E-state index in [2.05, 4.69) is 20.9 Å². The number of hydrogen-bond donors (Lipinski definition) is 4. The molecule has 3 rings (SSSR count). The average Bonchev–Trinajstić information content (AvgIpc) is 2.76. The zero-order valence-corrected chi connectivity index (χ0v) is 17.7. The van der Waals surface area contributed by atoms with Crippen LogP contribution in [0.3, 0.4) is 0 Å². The van der Waals surface area contributed by atoms with Crippen molar-refractivity contribution in [2.45, 2.75) is 32.7 Å². The Morgan fingerprint density at radius 1 is 0.935 bits per heavy atom. The van der Waals surface area contributed by atoms with Crippen LogP contribution in [0.4, 0.5) is 17.1 Å². The molecule has 0 bridgehead atoms. The number of para-hydroxylation sites is 2. The molecule has 1 saturated heterocycles. The number of piperidine rings is 1. The molecular formula is C23H28N4O4. The van der Waals surface area contributed by atoms with Crippen LogP contribution < -0.4 is 16.0 Å². The number of carbonyl (C=O) groups excluding carboxylic acids is 3. The van der Waals surface area contributed by atoms with Gasteiger partial charge >= 0.3 is 0 Å². The van der Waals surface area contributed by atoms with E-state index in [4.69, 9.17) is 0 Å². The normalized spacial score (nSPS) is 15.7. The lowest BCUT2D eigenvalue weighted by Gasteiger charge is -2.34. The van der Waals surface area contributed by atoms with Gasteiger partial charge in [-0.25, -0.2) is 0 Å². The molecule has 3 amide bonds. The Kier molecular flexibility index (Phi) is 7.25. The molecule has 8 nitrogen and oxygen atoms in total. The first-order chi connectivity index (χ1) is 14.8. The molecular weight excluding hydrogens is 396 g/mol. The van der Waals surface area contributed by atoms with E-state index in [9.17, 15) is 19.5 Å². The van der Waals surface area contributed by atoms with Gasteiger partial charge in [-0.3, -0.25) is 19.3 Å². The Morgan fingerprint density at radius 2 is 1.52 bits per heavy atom. The number of carbonyl (C=O) groups is 3. The summed E-state index contributed by atoms with van der Waals surface area (Å²) in [5, 5.41) is 18.2. The van der Waals surface area contributed by atoms with E-state index in [0.717, 1.165) is 0 Å². The van der Waals surface area contributed by atoms with Crippen LogP contribution in [-0.4, -0.2) is 46.9 Å². The fraction of sp³-hybridized carbons (Fsp3) is 0.348. The largest absolute Gasteiger partial charge is 0.506 e. The molecule has 1 atom stereocenters. The molecule has 0 spiro atoms. The number of likely N-dealkylation sites (tertiary alicyclic amines) is 1. The SMILES string of the molecule is CC(=O)Nc1ccc(NC(=O)[C@H](C)N2CCC(C(=O)Nc3ccccc3O)CC2)cc1. The highest BCUT2D eigenvalue weighted by atomic mass is 16.3. The van der Waals surface area contributed by atoms with E-state index in [0.29, 0.717) is 43.0 Å². The van der Waals surface area contributed by atoms with Crippen molar-refractivity contribution >= 4 is 34.8 Å². The molecule has 0 radical (unpaired) electrons. The molecule has 2 aromatic rings. The lowest BCUT2D eigenvalue weighted by molar-refractivity contribution is -0.123. The van der Waals surface area contributed by atoms with Crippen LogP contribution in [-0.2, 0) is 14.4 Å². The van der Waals surface area contributed by atoms with Gasteiger partial charge in [0.1, 0.15) is 5.75 Å². The van der Waals surface area contributed by atoms with Gasteiger partial charge in [0, 0.05) is 24.2 Å². The van der Waals surface area contributed by atoms with Gasteiger partial charge in [0.05, 0.1) is 11.7 Å². The summed E-state index contributed by atoms with van der Waals surface area (Å²) in [6.07, 6.45) is 1.28. The Labute approximate surface area is 181 Å². The summed E-state index contributed by atoms with van der Waals surface area (Å²) < 4.78 is 0. The monoisotopic (exact) mass is 424 g/mol. The maximum Gasteiger partial charge on any atom is 0.241 e. The van der Waals surface area contributed by atoms with E-state index >= 15 is 0 Å². The molecule has 2 aromatic carbocycles. The highest BCUT2D eigenvalue weighted by Gasteiger charge is 2.30. The molecule has 0 saturated carbocycles. The van der Waals surface area contributed by atoms with Crippen molar-refractivity contribution in [3.05, 3.63) is 48.5 Å². The van der Waals surface area contributed by atoms with E-state index in [-0.39, 0.29) is 35.4 Å². The number of benzene rings is 2. The summed E-state index contributed by atoms with van der Waals surface area (Å²) in [7, 11) is 0. The summed E-state index contributed by atoms with van der Waals surface area (Å²) in [6.45, 7) is 4.56. The maximum absolute atomic E-state index is 12.6. The van der Waals surface area contributed by atoms with Crippen LogP contribution in [0.1, 0.15) is 26.7 Å². The minimum atomic E-state index is -0.336. The second-order valence-electron chi connectivity index (χ2n) is 7.74. The quantitative estimate of drug-likeness (QED) is 0.533. The van der Waals surface area contributed by atoms with Gasteiger partial charge in [0.25, 0.3) is 0 Å². The van der Waals surface area contributed by atoms with Crippen LogP contribution in [0.25, 0.3) is 0 Å². The van der Waals surface area contributed by atoms with Crippen molar-refractivity contribution in [3.8, 4) is 5.75 Å². The molecule has 1 aliphatic rings. The molecule has 4 N–H and O–H groups in total. The maximum atomic E-state index is 12.6. The molecule has 0 aromatic heterocycles. The van der Waals surface area contributed by atoms with E-state index in [1.807, 2.05) is 6.92 Å². The third kappa shape index (κ3) is 6.05. The van der Waals surface area contributed by atoms with Gasteiger partial charge in [-0.1, -0.05) is 12.1 Å². The fourth-order valence-corrected chi connectivity index (χ4v) is 3.62. The molecule has 164 valence electrons. The Morgan fingerprint density at radius 3 is 2.10 bits per heavy atom. The van der Waals surface area contributed by atoms with Crippen LogP contribution in [0, 0.1) is 5.92 Å². The number of aromatic hydroxyl groups is 1. The highest BCUT2D eigenvalue weighted by Crippen LogP contribution is 2.25. The highest BCUT2D eigenvalue weighted by molar-refractivity contribution is 5.95. The number of phenols is 1. The number of nitrogens with one attached hydrogen (secondary N) is 3. The number of rotatable bonds is 6. The zero-order valence-electron chi connectivity index (χ0n) is 17.7. The summed E-state index contributed by atoms with van der Waals surface area (Å²) in [5.41, 5.74) is 1.73. The number of nitrogens with zero attached hydrogens (tertiary/aromatic N) is 1. The van der Waals surface area contributed by atoms with Gasteiger partial charge in [0.2, 0.25) is 17.7 Å². The third-order valence-electron chi connectivity index (χ3n) is 5.46. The topological polar surface area (TPSA) is 111 Å². The molecule has 1 aliphatic heterocycles. The van der Waals surface area contributed by atoms with E-state index < -0.39 is 0 Å². The van der Waals surface area contributed by atoms with Gasteiger partial charge in [-0.05, 0) is 69.3 Å². The van der Waals surface area contributed by atoms with Crippen molar-refractivity contribution in [1.82, 2.24) is 4.90 Å². The third-order valence-corrected chi connectivity index (χ3v) is 5.46. The standard InChI is InChI=1S/C23H28N4O4/c1-15(22(30)25-19-9-7-18(8-10-19)24-16(2)28)27-13-11-17(12-14-27)23(31)26-20-5-3-4-6-21(20)29/h3-10,15,17,29H,11-14H2,1-2H3,(H,24,28)(H,25,30)(H,26,31)/t15-/m0/s1. The Balaban J connectivity index is 1.48. The van der Waals surface area contributed by atoms with Gasteiger partial charge < -0.3 is 21.1 Å². The zero-order chi connectivity index (χ0) is 22.4. The van der Waals surface area contributed by atoms with Crippen molar-refractivity contribution in [2.75, 3.05) is 29.0 Å². The summed E-state index contributed by atoms with van der Waals surface area (Å²) in [6, 6.07) is 13.3. The number of amides is 3. The smallest absolute Gasteiger partial charge is 0.241 e. The first-order valence-electron chi connectivity index (χ1n) is 10.3. The predicted octanol–water partition coefficient (Wildman–Crippen LogP) is 3.03. The summed E-state index contributed by atoms with van der Waals surface area (Å²) in [5.74, 6) is -0.499. The van der Waals surface area contributed by atoms with Crippen molar-refractivity contribution in [3.63, 3.8) is 0 Å². The van der Waals surface area contributed by atoms with Gasteiger partial charge in [-0.15, -0.1) is 0 Å². The van der Waals surface area contributed by atoms with Gasteiger partial charge in [0.15, 0.2) is 0 Å². The van der Waals surface area contributed by atoms with Crippen LogP contribution >= 0.6 is 0 Å². The molecule has 1 heterocycles. The first kappa shape index (κ1) is 22.3. The fourth-order valence-electron chi connectivity index (χ4n) is 3.62. The predicted molar refractivity (Wildman–Crippen MR) is 120 cm³/mol. The second-order valence-corrected chi connectivity index (χ2v) is 7.74. The molecule has 8 heteroatoms. The molecule has 0 aliphatic carbocycles. The van der Waals surface area contributed by atoms with E-state index in [1.165, 1.54) is 13.0 Å². The first-order valence-corrected chi connectivity index (χ1v) is 10.3. The molecule has 0 unspecified atom stereocenters. The summed E-state index contributed by atoms with van der Waals surface area (Å²) >= 11 is 0. The second kappa shape index (κ2) is 10.1. The lowest BCUT2D eigenvalue weighted by Crippen LogP contribution is -2.47. The van der Waals surface area contributed by atoms with Crippen molar-refractivity contribution in [2.24, 2.45) is 5.92 Å². The van der Waals surface area contributed by atoms with Crippen LogP contribution in [0.5, 0.6) is 5.75 Å². The Hall–Kier alpha value is -3.39. The van der Waals surface area contributed by atoms with Crippen molar-refractivity contribution in [1.29, 1.82) is 0 Å². The lowest BCUT2D eigenvalue weighted by atomic mass is 9.94. The summed E-state index contributed by atoms with van der Waals surface area (Å²) in [4.78, 5) is 38.3. The van der Waals surface area contributed by atoms with Gasteiger partial charge in [-0.2, -0.15) is 0 Å². The average molecular weight is 425 g/mol. The Bertz CT molecular complexity index is 937. The molecule has 1 fully saturated rings. The van der Waals surface area contributed by atoms with Crippen LogP contribution in [0.15, 0.2) is 48.5 Å². The minimum Gasteiger partial charge on any atom is -0.506 e. The molecule has 31 heavy (non-hydrogen) atoms. The van der Waals surface area contributed by atoms with Crippen molar-refractivity contribution < 1.29 is 19.5 Å². The number of anilines is 3. The minimum absolute atomic E-state index is 0.0451. The number of hydrogen-bond acceptors (Lipinski definition) is 5.